The molecular weight excluding hydrogens is 180 g/mol. The van der Waals surface area contributed by atoms with E-state index in [9.17, 15) is 8.42 Å². The van der Waals surface area contributed by atoms with Gasteiger partial charge in [-0.2, -0.15) is 12.6 Å². The van der Waals surface area contributed by atoms with E-state index in [1.807, 2.05) is 6.92 Å². The van der Waals surface area contributed by atoms with E-state index in [4.69, 9.17) is 0 Å². The zero-order chi connectivity index (χ0) is 8.48. The molecule has 0 fully saturated rings. The van der Waals surface area contributed by atoms with Gasteiger partial charge in [0.05, 0.1) is 11.5 Å². The molecule has 1 atom stereocenters. The van der Waals surface area contributed by atoms with Crippen molar-refractivity contribution >= 4 is 22.5 Å². The number of hydrogen-bond donors (Lipinski definition) is 1. The molecule has 64 valence electrons. The fourth-order valence-corrected chi connectivity index (χ4v) is 2.49. The standard InChI is InChI=1S/C7H12O2S2/c1-6(10)7-2-4-11(8,9)5-3-7/h2,6,10H,3-5H2,1H3. The lowest BCUT2D eigenvalue weighted by Crippen LogP contribution is -2.18. The Morgan fingerprint density at radius 2 is 2.27 bits per heavy atom. The molecule has 0 radical (unpaired) electrons. The Kier molecular flexibility index (Phi) is 2.65. The monoisotopic (exact) mass is 192 g/mol. The van der Waals surface area contributed by atoms with Gasteiger partial charge in [0, 0.05) is 5.25 Å². The van der Waals surface area contributed by atoms with Crippen LogP contribution in [-0.4, -0.2) is 25.2 Å². The minimum atomic E-state index is -2.76. The second-order valence-corrected chi connectivity index (χ2v) is 5.82. The molecule has 0 aromatic rings. The van der Waals surface area contributed by atoms with Crippen molar-refractivity contribution in [2.45, 2.75) is 18.6 Å². The van der Waals surface area contributed by atoms with E-state index < -0.39 is 9.84 Å². The lowest BCUT2D eigenvalue weighted by Gasteiger charge is -2.15. The topological polar surface area (TPSA) is 34.1 Å². The van der Waals surface area contributed by atoms with Crippen LogP contribution in [0, 0.1) is 0 Å². The molecule has 1 heterocycles. The van der Waals surface area contributed by atoms with Crippen molar-refractivity contribution in [2.24, 2.45) is 0 Å². The minimum Gasteiger partial charge on any atom is -0.229 e. The van der Waals surface area contributed by atoms with Gasteiger partial charge in [-0.1, -0.05) is 11.6 Å². The largest absolute Gasteiger partial charge is 0.229 e. The van der Waals surface area contributed by atoms with E-state index in [1.165, 1.54) is 0 Å². The van der Waals surface area contributed by atoms with Crippen LogP contribution in [0.2, 0.25) is 0 Å². The quantitative estimate of drug-likeness (QED) is 0.498. The molecule has 0 aliphatic carbocycles. The van der Waals surface area contributed by atoms with Crippen LogP contribution < -0.4 is 0 Å². The third kappa shape index (κ3) is 2.52. The van der Waals surface area contributed by atoms with E-state index in [0.29, 0.717) is 12.2 Å². The summed E-state index contributed by atoms with van der Waals surface area (Å²) < 4.78 is 21.9. The summed E-state index contributed by atoms with van der Waals surface area (Å²) in [5.41, 5.74) is 1.16. The van der Waals surface area contributed by atoms with Gasteiger partial charge in [-0.15, -0.1) is 0 Å². The fraction of sp³-hybridized carbons (Fsp3) is 0.714. The molecule has 1 aliphatic rings. The highest BCUT2D eigenvalue weighted by Gasteiger charge is 2.17. The summed E-state index contributed by atoms with van der Waals surface area (Å²) >= 11 is 4.23. The number of hydrogen-bond acceptors (Lipinski definition) is 3. The molecule has 1 rings (SSSR count). The summed E-state index contributed by atoms with van der Waals surface area (Å²) in [6, 6.07) is 0. The first kappa shape index (κ1) is 9.13. The molecule has 11 heavy (non-hydrogen) atoms. The minimum absolute atomic E-state index is 0.200. The zero-order valence-corrected chi connectivity index (χ0v) is 8.16. The van der Waals surface area contributed by atoms with Gasteiger partial charge in [0.1, 0.15) is 0 Å². The zero-order valence-electron chi connectivity index (χ0n) is 6.45. The van der Waals surface area contributed by atoms with Crippen LogP contribution >= 0.6 is 12.6 Å². The van der Waals surface area contributed by atoms with Gasteiger partial charge >= 0.3 is 0 Å². The maximum atomic E-state index is 10.9. The van der Waals surface area contributed by atoms with Crippen molar-refractivity contribution in [2.75, 3.05) is 11.5 Å². The van der Waals surface area contributed by atoms with Gasteiger partial charge in [-0.25, -0.2) is 8.42 Å². The van der Waals surface area contributed by atoms with Crippen LogP contribution in [0.25, 0.3) is 0 Å². The summed E-state index contributed by atoms with van der Waals surface area (Å²) in [5.74, 6) is 0.497. The van der Waals surface area contributed by atoms with Gasteiger partial charge in [0.2, 0.25) is 0 Å². The highest BCUT2D eigenvalue weighted by molar-refractivity contribution is 7.91. The number of sulfone groups is 1. The molecule has 2 nitrogen and oxygen atoms in total. The van der Waals surface area contributed by atoms with Gasteiger partial charge in [0.15, 0.2) is 9.84 Å². The molecule has 1 unspecified atom stereocenters. The second kappa shape index (κ2) is 3.19. The molecule has 0 amide bonds. The first-order chi connectivity index (χ1) is 5.01. The molecule has 0 aromatic heterocycles. The van der Waals surface area contributed by atoms with Crippen LogP contribution in [0.5, 0.6) is 0 Å². The van der Waals surface area contributed by atoms with Gasteiger partial charge < -0.3 is 0 Å². The lowest BCUT2D eigenvalue weighted by atomic mass is 10.1. The SMILES string of the molecule is CC(S)C1=CCS(=O)(=O)CC1. The van der Waals surface area contributed by atoms with Crippen LogP contribution in [0.4, 0.5) is 0 Å². The molecule has 0 saturated heterocycles. The average Bonchev–Trinajstić information content (AvgIpc) is 1.86. The summed E-state index contributed by atoms with van der Waals surface area (Å²) in [4.78, 5) is 0. The van der Waals surface area contributed by atoms with Crippen molar-refractivity contribution in [1.29, 1.82) is 0 Å². The number of thiol groups is 1. The summed E-state index contributed by atoms with van der Waals surface area (Å²) in [6.45, 7) is 1.97. The van der Waals surface area contributed by atoms with Gasteiger partial charge in [-0.05, 0) is 13.3 Å². The Morgan fingerprint density at radius 1 is 1.64 bits per heavy atom. The Hall–Kier alpha value is 0.0400. The molecule has 0 spiro atoms. The predicted octanol–water partition coefficient (Wildman–Crippen LogP) is 1.05. The predicted molar refractivity (Wildman–Crippen MR) is 49.8 cm³/mol. The smallest absolute Gasteiger partial charge is 0.154 e. The fourth-order valence-electron chi connectivity index (χ4n) is 1.07. The summed E-state index contributed by atoms with van der Waals surface area (Å²) in [7, 11) is -2.76. The summed E-state index contributed by atoms with van der Waals surface area (Å²) in [5, 5.41) is 0.200. The summed E-state index contributed by atoms with van der Waals surface area (Å²) in [6.07, 6.45) is 2.45. The van der Waals surface area contributed by atoms with Crippen molar-refractivity contribution < 1.29 is 8.42 Å². The highest BCUT2D eigenvalue weighted by atomic mass is 32.2. The van der Waals surface area contributed by atoms with Crippen LogP contribution in [0.15, 0.2) is 11.6 Å². The maximum absolute atomic E-state index is 10.9. The highest BCUT2D eigenvalue weighted by Crippen LogP contribution is 2.18. The van der Waals surface area contributed by atoms with E-state index in [-0.39, 0.29) is 11.0 Å². The third-order valence-electron chi connectivity index (χ3n) is 1.84. The molecule has 0 aromatic carbocycles. The van der Waals surface area contributed by atoms with Gasteiger partial charge in [0.25, 0.3) is 0 Å². The van der Waals surface area contributed by atoms with E-state index >= 15 is 0 Å². The molecule has 0 bridgehead atoms. The first-order valence-corrected chi connectivity index (χ1v) is 5.92. The Labute approximate surface area is 73.0 Å². The van der Waals surface area contributed by atoms with E-state index in [2.05, 4.69) is 12.6 Å². The lowest BCUT2D eigenvalue weighted by molar-refractivity contribution is 0.595. The van der Waals surface area contributed by atoms with Crippen LogP contribution in [-0.2, 0) is 9.84 Å². The van der Waals surface area contributed by atoms with Crippen LogP contribution in [0.3, 0.4) is 0 Å². The van der Waals surface area contributed by atoms with E-state index in [1.54, 1.807) is 6.08 Å². The van der Waals surface area contributed by atoms with E-state index in [0.717, 1.165) is 5.57 Å². The van der Waals surface area contributed by atoms with Crippen molar-refractivity contribution in [1.82, 2.24) is 0 Å². The molecule has 4 heteroatoms. The van der Waals surface area contributed by atoms with Gasteiger partial charge in [-0.3, -0.25) is 0 Å². The van der Waals surface area contributed by atoms with Crippen molar-refractivity contribution in [3.8, 4) is 0 Å². The molecule has 0 N–H and O–H groups in total. The molecule has 0 saturated carbocycles. The first-order valence-electron chi connectivity index (χ1n) is 3.59. The Bertz CT molecular complexity index is 262. The Balaban J connectivity index is 2.73. The average molecular weight is 192 g/mol. The van der Waals surface area contributed by atoms with Crippen LogP contribution in [0.1, 0.15) is 13.3 Å². The number of rotatable bonds is 1. The molecule has 1 aliphatic heterocycles. The van der Waals surface area contributed by atoms with Crippen molar-refractivity contribution in [3.63, 3.8) is 0 Å². The third-order valence-corrected chi connectivity index (χ3v) is 3.67. The maximum Gasteiger partial charge on any atom is 0.154 e. The molecular formula is C7H12O2S2. The normalized spacial score (nSPS) is 25.8. The second-order valence-electron chi connectivity index (χ2n) is 2.82. The van der Waals surface area contributed by atoms with Crippen molar-refractivity contribution in [3.05, 3.63) is 11.6 Å². The Morgan fingerprint density at radius 3 is 2.64 bits per heavy atom.